The number of rotatable bonds is 4. The zero-order valence-electron chi connectivity index (χ0n) is 10.1. The van der Waals surface area contributed by atoms with Crippen molar-refractivity contribution in [3.05, 3.63) is 0 Å². The highest BCUT2D eigenvalue weighted by atomic mass is 32.2. The van der Waals surface area contributed by atoms with Crippen LogP contribution in [0.1, 0.15) is 19.8 Å². The Morgan fingerprint density at radius 3 is 2.75 bits per heavy atom. The van der Waals surface area contributed by atoms with Gasteiger partial charge in [-0.05, 0) is 25.3 Å². The fraction of sp³-hybridized carbons (Fsp3) is 1.00. The minimum absolute atomic E-state index is 0.715. The van der Waals surface area contributed by atoms with E-state index in [0.29, 0.717) is 6.04 Å². The third-order valence-corrected chi connectivity index (χ3v) is 6.34. The second-order valence-corrected chi connectivity index (χ2v) is 7.01. The van der Waals surface area contributed by atoms with Crippen molar-refractivity contribution in [1.82, 2.24) is 5.32 Å². The van der Waals surface area contributed by atoms with Gasteiger partial charge in [-0.25, -0.2) is 0 Å². The Labute approximate surface area is 108 Å². The lowest BCUT2D eigenvalue weighted by Gasteiger charge is -2.37. The van der Waals surface area contributed by atoms with E-state index in [0.717, 1.165) is 30.9 Å². The summed E-state index contributed by atoms with van der Waals surface area (Å²) in [5.74, 6) is 4.85. The molecule has 16 heavy (non-hydrogen) atoms. The smallest absolute Gasteiger partial charge is 0.0469 e. The average Bonchev–Trinajstić information content (AvgIpc) is 2.38. The SMILES string of the molecule is CCNC(C1CCOCC1)C1CSCCS1. The molecule has 2 nitrogen and oxygen atoms in total. The Morgan fingerprint density at radius 2 is 2.12 bits per heavy atom. The molecule has 2 saturated heterocycles. The van der Waals surface area contributed by atoms with Crippen LogP contribution in [0.3, 0.4) is 0 Å². The topological polar surface area (TPSA) is 21.3 Å². The third kappa shape index (κ3) is 3.56. The monoisotopic (exact) mass is 261 g/mol. The summed E-state index contributed by atoms with van der Waals surface area (Å²) in [4.78, 5) is 0. The molecule has 0 spiro atoms. The van der Waals surface area contributed by atoms with Crippen LogP contribution in [-0.2, 0) is 4.74 Å². The van der Waals surface area contributed by atoms with Crippen LogP contribution in [0.2, 0.25) is 0 Å². The summed E-state index contributed by atoms with van der Waals surface area (Å²) >= 11 is 4.31. The quantitative estimate of drug-likeness (QED) is 0.837. The van der Waals surface area contributed by atoms with Gasteiger partial charge in [0.1, 0.15) is 0 Å². The summed E-state index contributed by atoms with van der Waals surface area (Å²) in [6.45, 7) is 5.27. The van der Waals surface area contributed by atoms with Crippen molar-refractivity contribution < 1.29 is 4.74 Å². The molecule has 94 valence electrons. The van der Waals surface area contributed by atoms with Crippen molar-refractivity contribution in [2.45, 2.75) is 31.1 Å². The van der Waals surface area contributed by atoms with Gasteiger partial charge in [0, 0.05) is 41.8 Å². The molecule has 2 fully saturated rings. The van der Waals surface area contributed by atoms with Gasteiger partial charge in [-0.2, -0.15) is 23.5 Å². The molecule has 2 aliphatic rings. The Balaban J connectivity index is 1.91. The zero-order valence-corrected chi connectivity index (χ0v) is 11.7. The minimum atomic E-state index is 0.715. The van der Waals surface area contributed by atoms with Crippen LogP contribution >= 0.6 is 23.5 Å². The molecule has 2 atom stereocenters. The highest BCUT2D eigenvalue weighted by Gasteiger charge is 2.31. The predicted molar refractivity (Wildman–Crippen MR) is 74.6 cm³/mol. The lowest BCUT2D eigenvalue weighted by Crippen LogP contribution is -2.47. The van der Waals surface area contributed by atoms with Crippen molar-refractivity contribution in [2.24, 2.45) is 5.92 Å². The van der Waals surface area contributed by atoms with Gasteiger partial charge in [-0.3, -0.25) is 0 Å². The van der Waals surface area contributed by atoms with Crippen molar-refractivity contribution >= 4 is 23.5 Å². The average molecular weight is 261 g/mol. The van der Waals surface area contributed by atoms with E-state index in [2.05, 4.69) is 35.8 Å². The number of hydrogen-bond donors (Lipinski definition) is 1. The molecule has 0 aromatic carbocycles. The zero-order chi connectivity index (χ0) is 11.2. The van der Waals surface area contributed by atoms with E-state index >= 15 is 0 Å². The molecule has 0 aliphatic carbocycles. The van der Waals surface area contributed by atoms with Crippen molar-refractivity contribution in [2.75, 3.05) is 37.0 Å². The number of nitrogens with one attached hydrogen (secondary N) is 1. The fourth-order valence-electron chi connectivity index (χ4n) is 2.63. The van der Waals surface area contributed by atoms with Gasteiger partial charge in [-0.1, -0.05) is 6.92 Å². The van der Waals surface area contributed by atoms with E-state index in [9.17, 15) is 0 Å². The normalized spacial score (nSPS) is 30.2. The van der Waals surface area contributed by atoms with E-state index in [4.69, 9.17) is 4.74 Å². The van der Waals surface area contributed by atoms with E-state index in [1.165, 1.54) is 30.1 Å². The van der Waals surface area contributed by atoms with Gasteiger partial charge >= 0.3 is 0 Å². The molecule has 2 unspecified atom stereocenters. The Bertz CT molecular complexity index is 173. The summed E-state index contributed by atoms with van der Waals surface area (Å²) in [7, 11) is 0. The number of hydrogen-bond acceptors (Lipinski definition) is 4. The van der Waals surface area contributed by atoms with Crippen LogP contribution in [0, 0.1) is 5.92 Å². The molecule has 2 rings (SSSR count). The minimum Gasteiger partial charge on any atom is -0.381 e. The Morgan fingerprint density at radius 1 is 1.31 bits per heavy atom. The highest BCUT2D eigenvalue weighted by molar-refractivity contribution is 8.06. The van der Waals surface area contributed by atoms with Gasteiger partial charge in [0.25, 0.3) is 0 Å². The van der Waals surface area contributed by atoms with Crippen molar-refractivity contribution in [3.63, 3.8) is 0 Å². The Hall–Kier alpha value is 0.620. The lowest BCUT2D eigenvalue weighted by atomic mass is 9.90. The van der Waals surface area contributed by atoms with Gasteiger partial charge < -0.3 is 10.1 Å². The van der Waals surface area contributed by atoms with Crippen LogP contribution in [0.5, 0.6) is 0 Å². The number of thioether (sulfide) groups is 2. The van der Waals surface area contributed by atoms with Crippen LogP contribution in [0.25, 0.3) is 0 Å². The molecule has 0 aromatic heterocycles. The van der Waals surface area contributed by atoms with E-state index in [-0.39, 0.29) is 0 Å². The lowest BCUT2D eigenvalue weighted by molar-refractivity contribution is 0.0543. The summed E-state index contributed by atoms with van der Waals surface area (Å²) in [6, 6.07) is 0.715. The van der Waals surface area contributed by atoms with E-state index < -0.39 is 0 Å². The molecule has 0 bridgehead atoms. The molecular formula is C12H23NOS2. The third-order valence-electron chi connectivity index (χ3n) is 3.46. The first kappa shape index (κ1) is 13.1. The first-order valence-corrected chi connectivity index (χ1v) is 8.62. The van der Waals surface area contributed by atoms with Crippen LogP contribution in [0.15, 0.2) is 0 Å². The standard InChI is InChI=1S/C12H23NOS2/c1-2-13-12(10-3-5-14-6-4-10)11-9-15-7-8-16-11/h10-13H,2-9H2,1H3. The van der Waals surface area contributed by atoms with Crippen LogP contribution in [-0.4, -0.2) is 48.3 Å². The largest absolute Gasteiger partial charge is 0.381 e. The predicted octanol–water partition coefficient (Wildman–Crippen LogP) is 2.24. The van der Waals surface area contributed by atoms with Crippen LogP contribution in [0.4, 0.5) is 0 Å². The van der Waals surface area contributed by atoms with Gasteiger partial charge in [0.2, 0.25) is 0 Å². The molecule has 0 aromatic rings. The summed E-state index contributed by atoms with van der Waals surface area (Å²) in [6.07, 6.45) is 2.50. The van der Waals surface area contributed by atoms with Gasteiger partial charge in [0.05, 0.1) is 0 Å². The van der Waals surface area contributed by atoms with Crippen molar-refractivity contribution in [3.8, 4) is 0 Å². The maximum Gasteiger partial charge on any atom is 0.0469 e. The molecule has 0 radical (unpaired) electrons. The molecule has 1 N–H and O–H groups in total. The molecule has 4 heteroatoms. The molecule has 0 saturated carbocycles. The second kappa shape index (κ2) is 7.14. The first-order chi connectivity index (χ1) is 7.92. The van der Waals surface area contributed by atoms with Crippen LogP contribution < -0.4 is 5.32 Å². The molecule has 0 amide bonds. The number of ether oxygens (including phenoxy) is 1. The highest BCUT2D eigenvalue weighted by Crippen LogP contribution is 2.32. The van der Waals surface area contributed by atoms with E-state index in [1.807, 2.05) is 0 Å². The fourth-order valence-corrected chi connectivity index (χ4v) is 5.59. The van der Waals surface area contributed by atoms with Gasteiger partial charge in [-0.15, -0.1) is 0 Å². The summed E-state index contributed by atoms with van der Waals surface area (Å²) in [5, 5.41) is 4.55. The molecule has 2 heterocycles. The van der Waals surface area contributed by atoms with E-state index in [1.54, 1.807) is 0 Å². The second-order valence-electron chi connectivity index (χ2n) is 4.52. The maximum atomic E-state index is 5.48. The van der Waals surface area contributed by atoms with Gasteiger partial charge in [0.15, 0.2) is 0 Å². The molecule has 2 aliphatic heterocycles. The summed E-state index contributed by atoms with van der Waals surface area (Å²) in [5.41, 5.74) is 0. The Kier molecular flexibility index (Phi) is 5.83. The molecular weight excluding hydrogens is 238 g/mol. The maximum absolute atomic E-state index is 5.48. The first-order valence-electron chi connectivity index (χ1n) is 6.42. The van der Waals surface area contributed by atoms with Crippen molar-refractivity contribution in [1.29, 1.82) is 0 Å². The summed E-state index contributed by atoms with van der Waals surface area (Å²) < 4.78 is 5.48.